The van der Waals surface area contributed by atoms with Gasteiger partial charge in [0.05, 0.1) is 6.10 Å². The van der Waals surface area contributed by atoms with Crippen LogP contribution in [0.2, 0.25) is 0 Å². The van der Waals surface area contributed by atoms with Crippen LogP contribution < -0.4 is 20.3 Å². The number of rotatable bonds is 7. The van der Waals surface area contributed by atoms with Crippen LogP contribution in [-0.4, -0.2) is 30.9 Å². The molecule has 0 unspecified atom stereocenters. The summed E-state index contributed by atoms with van der Waals surface area (Å²) in [4.78, 5) is 2.46. The van der Waals surface area contributed by atoms with Crippen LogP contribution in [0.4, 0.5) is 11.4 Å². The van der Waals surface area contributed by atoms with Crippen molar-refractivity contribution in [3.63, 3.8) is 0 Å². The normalized spacial score (nSPS) is 12.8. The van der Waals surface area contributed by atoms with E-state index < -0.39 is 0 Å². The molecule has 0 aromatic heterocycles. The van der Waals surface area contributed by atoms with E-state index in [1.807, 2.05) is 38.1 Å². The molecule has 4 nitrogen and oxygen atoms in total. The van der Waals surface area contributed by atoms with Crippen molar-refractivity contribution in [2.75, 3.05) is 29.9 Å². The van der Waals surface area contributed by atoms with Gasteiger partial charge in [-0.3, -0.25) is 0 Å². The molecule has 0 fully saturated rings. The fourth-order valence-corrected chi connectivity index (χ4v) is 3.43. The Bertz CT molecular complexity index is 748. The molecule has 0 bridgehead atoms. The lowest BCUT2D eigenvalue weighted by Crippen LogP contribution is -2.32. The van der Waals surface area contributed by atoms with Crippen LogP contribution in [0.3, 0.4) is 0 Å². The quantitative estimate of drug-likeness (QED) is 0.565. The number of fused-ring (bicyclic) bond motifs is 1. The molecule has 0 spiro atoms. The number of thiocarbonyl (C=S) groups is 1. The second kappa shape index (κ2) is 8.90. The number of benzene rings is 2. The van der Waals surface area contributed by atoms with Crippen molar-refractivity contribution in [1.82, 2.24) is 5.32 Å². The van der Waals surface area contributed by atoms with Gasteiger partial charge in [0.1, 0.15) is 5.75 Å². The minimum Gasteiger partial charge on any atom is -0.491 e. The predicted octanol–water partition coefficient (Wildman–Crippen LogP) is 4.21. The summed E-state index contributed by atoms with van der Waals surface area (Å²) in [6.07, 6.45) is 2.36. The monoisotopic (exact) mass is 369 g/mol. The van der Waals surface area contributed by atoms with Crippen LogP contribution in [0.15, 0.2) is 48.5 Å². The van der Waals surface area contributed by atoms with Crippen LogP contribution in [0.5, 0.6) is 5.75 Å². The Kier molecular flexibility index (Phi) is 6.34. The molecule has 0 atom stereocenters. The number of ether oxygens (including phenoxy) is 1. The molecule has 0 radical (unpaired) electrons. The Hall–Kier alpha value is -2.27. The van der Waals surface area contributed by atoms with Crippen molar-refractivity contribution < 1.29 is 4.74 Å². The Morgan fingerprint density at radius 2 is 2.04 bits per heavy atom. The van der Waals surface area contributed by atoms with Crippen molar-refractivity contribution >= 4 is 28.7 Å². The average molecular weight is 370 g/mol. The van der Waals surface area contributed by atoms with E-state index >= 15 is 0 Å². The van der Waals surface area contributed by atoms with Gasteiger partial charge in [0.25, 0.3) is 0 Å². The van der Waals surface area contributed by atoms with Gasteiger partial charge >= 0.3 is 0 Å². The Labute approximate surface area is 161 Å². The van der Waals surface area contributed by atoms with E-state index in [2.05, 4.69) is 39.8 Å². The van der Waals surface area contributed by atoms with Crippen LogP contribution >= 0.6 is 12.2 Å². The number of anilines is 2. The first-order valence-electron chi connectivity index (χ1n) is 9.26. The smallest absolute Gasteiger partial charge is 0.170 e. The highest BCUT2D eigenvalue weighted by atomic mass is 32.1. The number of hydrogen-bond acceptors (Lipinski definition) is 3. The lowest BCUT2D eigenvalue weighted by molar-refractivity contribution is 0.242. The fraction of sp³-hybridized carbons (Fsp3) is 0.381. The molecule has 2 aromatic rings. The highest BCUT2D eigenvalue weighted by Gasteiger charge is 2.17. The van der Waals surface area contributed by atoms with Gasteiger partial charge in [0, 0.05) is 37.1 Å². The molecule has 0 aliphatic carbocycles. The van der Waals surface area contributed by atoms with Crippen LogP contribution in [0, 0.1) is 0 Å². The van der Waals surface area contributed by atoms with Gasteiger partial charge in [-0.05, 0) is 62.7 Å². The van der Waals surface area contributed by atoms with E-state index in [0.717, 1.165) is 43.9 Å². The van der Waals surface area contributed by atoms with Gasteiger partial charge in [-0.1, -0.05) is 24.3 Å². The zero-order valence-corrected chi connectivity index (χ0v) is 16.3. The minimum absolute atomic E-state index is 0.158. The lowest BCUT2D eigenvalue weighted by atomic mass is 10.2. The molecule has 1 heterocycles. The standard InChI is InChI=1S/C21H27N3OS/c1-16(2)25-19-9-5-8-18(15-19)23-21(26)22-12-6-13-24-14-11-17-7-3-4-10-20(17)24/h3-5,7-10,15-16H,6,11-14H2,1-2H3,(H2,22,23,26). The average Bonchev–Trinajstić information content (AvgIpc) is 3.02. The molecule has 0 saturated heterocycles. The van der Waals surface area contributed by atoms with Gasteiger partial charge in [0.15, 0.2) is 5.11 Å². The first kappa shape index (κ1) is 18.5. The SMILES string of the molecule is CC(C)Oc1cccc(NC(=S)NCCCN2CCc3ccccc32)c1. The highest BCUT2D eigenvalue weighted by Crippen LogP contribution is 2.27. The van der Waals surface area contributed by atoms with Crippen molar-refractivity contribution in [1.29, 1.82) is 0 Å². The van der Waals surface area contributed by atoms with E-state index in [9.17, 15) is 0 Å². The summed E-state index contributed by atoms with van der Waals surface area (Å²) in [5.74, 6) is 0.848. The molecule has 26 heavy (non-hydrogen) atoms. The summed E-state index contributed by atoms with van der Waals surface area (Å²) in [6.45, 7) is 7.05. The van der Waals surface area contributed by atoms with Gasteiger partial charge in [-0.2, -0.15) is 0 Å². The highest BCUT2D eigenvalue weighted by molar-refractivity contribution is 7.80. The number of nitrogens with zero attached hydrogens (tertiary/aromatic N) is 1. The topological polar surface area (TPSA) is 36.5 Å². The third-order valence-electron chi connectivity index (χ3n) is 4.34. The maximum absolute atomic E-state index is 5.71. The fourth-order valence-electron chi connectivity index (χ4n) is 3.21. The maximum Gasteiger partial charge on any atom is 0.170 e. The Morgan fingerprint density at radius 3 is 2.88 bits per heavy atom. The molecule has 138 valence electrons. The van der Waals surface area contributed by atoms with E-state index in [0.29, 0.717) is 5.11 Å². The first-order valence-corrected chi connectivity index (χ1v) is 9.67. The zero-order valence-electron chi connectivity index (χ0n) is 15.5. The van der Waals surface area contributed by atoms with Crippen LogP contribution in [-0.2, 0) is 6.42 Å². The Morgan fingerprint density at radius 1 is 1.19 bits per heavy atom. The molecule has 1 aliphatic heterocycles. The van der Waals surface area contributed by atoms with E-state index in [1.54, 1.807) is 0 Å². The first-order chi connectivity index (χ1) is 12.6. The molecule has 5 heteroatoms. The van der Waals surface area contributed by atoms with Gasteiger partial charge < -0.3 is 20.3 Å². The minimum atomic E-state index is 0.158. The van der Waals surface area contributed by atoms with Crippen LogP contribution in [0.1, 0.15) is 25.8 Å². The third-order valence-corrected chi connectivity index (χ3v) is 4.58. The summed E-state index contributed by atoms with van der Waals surface area (Å²) in [7, 11) is 0. The summed E-state index contributed by atoms with van der Waals surface area (Å²) in [6, 6.07) is 16.6. The zero-order chi connectivity index (χ0) is 18.4. The number of hydrogen-bond donors (Lipinski definition) is 2. The molecule has 2 N–H and O–H groups in total. The van der Waals surface area contributed by atoms with Crippen molar-refractivity contribution in [3.05, 3.63) is 54.1 Å². The predicted molar refractivity (Wildman–Crippen MR) is 113 cm³/mol. The third kappa shape index (κ3) is 5.11. The summed E-state index contributed by atoms with van der Waals surface area (Å²) < 4.78 is 5.71. The van der Waals surface area contributed by atoms with E-state index in [-0.39, 0.29) is 6.10 Å². The van der Waals surface area contributed by atoms with Crippen LogP contribution in [0.25, 0.3) is 0 Å². The second-order valence-electron chi connectivity index (χ2n) is 6.79. The van der Waals surface area contributed by atoms with Crippen molar-refractivity contribution in [2.45, 2.75) is 32.8 Å². The lowest BCUT2D eigenvalue weighted by Gasteiger charge is -2.19. The van der Waals surface area contributed by atoms with E-state index in [4.69, 9.17) is 17.0 Å². The summed E-state index contributed by atoms with van der Waals surface area (Å²) in [5.41, 5.74) is 3.78. The second-order valence-corrected chi connectivity index (χ2v) is 7.20. The maximum atomic E-state index is 5.71. The van der Waals surface area contributed by atoms with E-state index in [1.165, 1.54) is 11.3 Å². The summed E-state index contributed by atoms with van der Waals surface area (Å²) in [5, 5.41) is 7.17. The summed E-state index contributed by atoms with van der Waals surface area (Å²) >= 11 is 5.40. The Balaban J connectivity index is 1.40. The molecule has 2 aromatic carbocycles. The largest absolute Gasteiger partial charge is 0.491 e. The molecular weight excluding hydrogens is 342 g/mol. The van der Waals surface area contributed by atoms with Crippen molar-refractivity contribution in [3.8, 4) is 5.75 Å². The molecular formula is C21H27N3OS. The number of nitrogens with one attached hydrogen (secondary N) is 2. The molecule has 0 amide bonds. The molecule has 0 saturated carbocycles. The molecule has 3 rings (SSSR count). The van der Waals surface area contributed by atoms with Gasteiger partial charge in [-0.15, -0.1) is 0 Å². The van der Waals surface area contributed by atoms with Crippen molar-refractivity contribution in [2.24, 2.45) is 0 Å². The van der Waals surface area contributed by atoms with Gasteiger partial charge in [-0.25, -0.2) is 0 Å². The molecule has 1 aliphatic rings. The van der Waals surface area contributed by atoms with Gasteiger partial charge in [0.2, 0.25) is 0 Å². The number of para-hydroxylation sites is 1.